The molecular weight excluding hydrogens is 290 g/mol. The summed E-state index contributed by atoms with van der Waals surface area (Å²) in [6.45, 7) is 1.94. The van der Waals surface area contributed by atoms with Gasteiger partial charge in [0.05, 0.1) is 18.1 Å². The van der Waals surface area contributed by atoms with E-state index >= 15 is 0 Å². The average molecular weight is 305 g/mol. The first kappa shape index (κ1) is 14.7. The van der Waals surface area contributed by atoms with E-state index in [2.05, 4.69) is 15.3 Å². The number of aromatic nitrogens is 2. The van der Waals surface area contributed by atoms with Crippen LogP contribution in [0.2, 0.25) is 0 Å². The van der Waals surface area contributed by atoms with Crippen molar-refractivity contribution >= 4 is 11.6 Å². The number of para-hydroxylation sites is 1. The zero-order valence-electron chi connectivity index (χ0n) is 12.6. The van der Waals surface area contributed by atoms with Crippen LogP contribution in [-0.4, -0.2) is 15.9 Å². The van der Waals surface area contributed by atoms with Crippen LogP contribution in [0, 0.1) is 6.92 Å². The van der Waals surface area contributed by atoms with E-state index in [1.807, 2.05) is 55.5 Å². The quantitative estimate of drug-likeness (QED) is 0.795. The van der Waals surface area contributed by atoms with Crippen LogP contribution in [0.25, 0.3) is 0 Å². The predicted octanol–water partition coefficient (Wildman–Crippen LogP) is 3.83. The van der Waals surface area contributed by atoms with Crippen LogP contribution in [0.5, 0.6) is 11.8 Å². The van der Waals surface area contributed by atoms with Crippen molar-refractivity contribution in [2.45, 2.75) is 6.92 Å². The molecule has 0 unspecified atom stereocenters. The number of hydrogen-bond donors (Lipinski definition) is 1. The minimum Gasteiger partial charge on any atom is -0.424 e. The van der Waals surface area contributed by atoms with Gasteiger partial charge in [0.15, 0.2) is 0 Å². The third-order valence-electron chi connectivity index (χ3n) is 3.12. The number of nitrogens with one attached hydrogen (secondary N) is 1. The lowest BCUT2D eigenvalue weighted by Gasteiger charge is -2.06. The lowest BCUT2D eigenvalue weighted by molar-refractivity contribution is 0.102. The highest BCUT2D eigenvalue weighted by atomic mass is 16.5. The summed E-state index contributed by atoms with van der Waals surface area (Å²) < 4.78 is 5.50. The molecule has 0 radical (unpaired) electrons. The second kappa shape index (κ2) is 6.70. The van der Waals surface area contributed by atoms with Gasteiger partial charge in [-0.1, -0.05) is 35.9 Å². The molecule has 3 aromatic rings. The molecule has 114 valence electrons. The Morgan fingerprint density at radius 1 is 1.00 bits per heavy atom. The standard InChI is InChI=1S/C18H15N3O2/c1-13-6-5-7-14(10-13)17(22)21-15-11-19-18(20-12-15)23-16-8-3-2-4-9-16/h2-12H,1H3,(H,21,22). The molecule has 0 saturated heterocycles. The zero-order valence-corrected chi connectivity index (χ0v) is 12.6. The van der Waals surface area contributed by atoms with E-state index in [4.69, 9.17) is 4.74 Å². The summed E-state index contributed by atoms with van der Waals surface area (Å²) in [4.78, 5) is 20.3. The summed E-state index contributed by atoms with van der Waals surface area (Å²) in [5.74, 6) is 0.457. The number of amides is 1. The van der Waals surface area contributed by atoms with Gasteiger partial charge in [-0.25, -0.2) is 9.97 Å². The van der Waals surface area contributed by atoms with E-state index in [1.54, 1.807) is 6.07 Å². The molecule has 5 nitrogen and oxygen atoms in total. The van der Waals surface area contributed by atoms with Crippen molar-refractivity contribution in [3.8, 4) is 11.8 Å². The Kier molecular flexibility index (Phi) is 4.29. The van der Waals surface area contributed by atoms with Gasteiger partial charge in [-0.3, -0.25) is 4.79 Å². The molecule has 3 rings (SSSR count). The van der Waals surface area contributed by atoms with Crippen molar-refractivity contribution in [1.82, 2.24) is 9.97 Å². The molecule has 1 heterocycles. The fourth-order valence-electron chi connectivity index (χ4n) is 2.02. The highest BCUT2D eigenvalue weighted by molar-refractivity contribution is 6.04. The van der Waals surface area contributed by atoms with Crippen LogP contribution < -0.4 is 10.1 Å². The highest BCUT2D eigenvalue weighted by Gasteiger charge is 2.07. The number of benzene rings is 2. The van der Waals surface area contributed by atoms with Gasteiger partial charge in [-0.2, -0.15) is 0 Å². The van der Waals surface area contributed by atoms with Gasteiger partial charge < -0.3 is 10.1 Å². The van der Waals surface area contributed by atoms with Crippen LogP contribution in [0.4, 0.5) is 5.69 Å². The Bertz CT molecular complexity index is 802. The fourth-order valence-corrected chi connectivity index (χ4v) is 2.02. The van der Waals surface area contributed by atoms with Gasteiger partial charge in [0.2, 0.25) is 0 Å². The minimum absolute atomic E-state index is 0.200. The molecule has 1 amide bonds. The maximum atomic E-state index is 12.1. The molecule has 1 N–H and O–H groups in total. The lowest BCUT2D eigenvalue weighted by atomic mass is 10.1. The van der Waals surface area contributed by atoms with Crippen molar-refractivity contribution in [2.24, 2.45) is 0 Å². The summed E-state index contributed by atoms with van der Waals surface area (Å²) in [7, 11) is 0. The Labute approximate surface area is 134 Å². The van der Waals surface area contributed by atoms with E-state index in [-0.39, 0.29) is 11.9 Å². The maximum absolute atomic E-state index is 12.1. The van der Waals surface area contributed by atoms with Crippen LogP contribution in [0.15, 0.2) is 67.0 Å². The van der Waals surface area contributed by atoms with Crippen LogP contribution in [0.1, 0.15) is 15.9 Å². The third-order valence-corrected chi connectivity index (χ3v) is 3.12. The van der Waals surface area contributed by atoms with E-state index in [0.29, 0.717) is 17.0 Å². The van der Waals surface area contributed by atoms with Gasteiger partial charge in [0, 0.05) is 5.56 Å². The number of rotatable bonds is 4. The predicted molar refractivity (Wildman–Crippen MR) is 87.7 cm³/mol. The lowest BCUT2D eigenvalue weighted by Crippen LogP contribution is -2.12. The number of carbonyl (C=O) groups excluding carboxylic acids is 1. The molecule has 23 heavy (non-hydrogen) atoms. The van der Waals surface area contributed by atoms with Crippen molar-refractivity contribution in [3.05, 3.63) is 78.1 Å². The second-order valence-electron chi connectivity index (χ2n) is 4.99. The van der Waals surface area contributed by atoms with Gasteiger partial charge in [-0.15, -0.1) is 0 Å². The van der Waals surface area contributed by atoms with E-state index < -0.39 is 0 Å². The van der Waals surface area contributed by atoms with E-state index in [9.17, 15) is 4.79 Å². The Morgan fingerprint density at radius 2 is 1.74 bits per heavy atom. The number of ether oxygens (including phenoxy) is 1. The molecule has 0 fully saturated rings. The van der Waals surface area contributed by atoms with E-state index in [1.165, 1.54) is 12.4 Å². The van der Waals surface area contributed by atoms with Gasteiger partial charge in [0.1, 0.15) is 5.75 Å². The molecule has 0 aliphatic heterocycles. The number of anilines is 1. The molecule has 1 aromatic heterocycles. The summed E-state index contributed by atoms with van der Waals surface area (Å²) in [5, 5.41) is 2.76. The molecule has 0 atom stereocenters. The summed E-state index contributed by atoms with van der Waals surface area (Å²) in [5.41, 5.74) is 2.13. The molecular formula is C18H15N3O2. The van der Waals surface area contributed by atoms with Crippen LogP contribution in [-0.2, 0) is 0 Å². The largest absolute Gasteiger partial charge is 0.424 e. The van der Waals surface area contributed by atoms with Gasteiger partial charge >= 0.3 is 6.01 Å². The first-order chi connectivity index (χ1) is 11.2. The summed E-state index contributed by atoms with van der Waals surface area (Å²) >= 11 is 0. The number of aryl methyl sites for hydroxylation is 1. The Balaban J connectivity index is 1.67. The average Bonchev–Trinajstić information content (AvgIpc) is 2.57. The minimum atomic E-state index is -0.200. The van der Waals surface area contributed by atoms with Crippen molar-refractivity contribution < 1.29 is 9.53 Å². The van der Waals surface area contributed by atoms with Crippen molar-refractivity contribution in [2.75, 3.05) is 5.32 Å². The third kappa shape index (κ3) is 3.91. The number of carbonyl (C=O) groups is 1. The summed E-state index contributed by atoms with van der Waals surface area (Å²) in [6, 6.07) is 16.9. The maximum Gasteiger partial charge on any atom is 0.322 e. The summed E-state index contributed by atoms with van der Waals surface area (Å²) in [6.07, 6.45) is 3.03. The molecule has 0 spiro atoms. The van der Waals surface area contributed by atoms with Gasteiger partial charge in [0.25, 0.3) is 5.91 Å². The van der Waals surface area contributed by atoms with Crippen molar-refractivity contribution in [1.29, 1.82) is 0 Å². The van der Waals surface area contributed by atoms with Crippen LogP contribution >= 0.6 is 0 Å². The molecule has 2 aromatic carbocycles. The van der Waals surface area contributed by atoms with E-state index in [0.717, 1.165) is 5.56 Å². The molecule has 0 aliphatic rings. The number of hydrogen-bond acceptors (Lipinski definition) is 4. The first-order valence-corrected chi connectivity index (χ1v) is 7.14. The molecule has 0 aliphatic carbocycles. The fraction of sp³-hybridized carbons (Fsp3) is 0.0556. The highest BCUT2D eigenvalue weighted by Crippen LogP contribution is 2.17. The second-order valence-corrected chi connectivity index (χ2v) is 4.99. The zero-order chi connectivity index (χ0) is 16.1. The Morgan fingerprint density at radius 3 is 2.43 bits per heavy atom. The molecule has 0 saturated carbocycles. The topological polar surface area (TPSA) is 64.1 Å². The first-order valence-electron chi connectivity index (χ1n) is 7.14. The molecule has 0 bridgehead atoms. The SMILES string of the molecule is Cc1cccc(C(=O)Nc2cnc(Oc3ccccc3)nc2)c1. The normalized spacial score (nSPS) is 10.1. The Hall–Kier alpha value is -3.21. The van der Waals surface area contributed by atoms with Crippen LogP contribution in [0.3, 0.4) is 0 Å². The monoisotopic (exact) mass is 305 g/mol. The van der Waals surface area contributed by atoms with Crippen molar-refractivity contribution in [3.63, 3.8) is 0 Å². The van der Waals surface area contributed by atoms with Gasteiger partial charge in [-0.05, 0) is 31.2 Å². The number of nitrogens with zero attached hydrogens (tertiary/aromatic N) is 2. The smallest absolute Gasteiger partial charge is 0.322 e. The molecule has 5 heteroatoms.